The minimum Gasteiger partial charge on any atom is -0.322 e. The zero-order valence-electron chi connectivity index (χ0n) is 15.7. The van der Waals surface area contributed by atoms with E-state index in [-0.39, 0.29) is 10.8 Å². The lowest BCUT2D eigenvalue weighted by molar-refractivity contribution is 0.102. The molecule has 0 unspecified atom stereocenters. The molecule has 0 saturated carbocycles. The highest BCUT2D eigenvalue weighted by Gasteiger charge is 2.16. The van der Waals surface area contributed by atoms with Gasteiger partial charge in [0.15, 0.2) is 0 Å². The van der Waals surface area contributed by atoms with Crippen molar-refractivity contribution in [1.29, 1.82) is 0 Å². The van der Waals surface area contributed by atoms with Crippen LogP contribution in [0.25, 0.3) is 0 Å². The molecule has 3 rings (SSSR count). The minimum atomic E-state index is -3.55. The Morgan fingerprint density at radius 1 is 1.11 bits per heavy atom. The monoisotopic (exact) mass is 513 g/mol. The van der Waals surface area contributed by atoms with E-state index in [9.17, 15) is 13.2 Å². The fourth-order valence-electron chi connectivity index (χ4n) is 3.08. The summed E-state index contributed by atoms with van der Waals surface area (Å²) in [5.41, 5.74) is 2.23. The predicted octanol–water partition coefficient (Wildman–Crippen LogP) is 3.23. The molecule has 0 atom stereocenters. The van der Waals surface area contributed by atoms with Crippen molar-refractivity contribution >= 4 is 44.2 Å². The van der Waals surface area contributed by atoms with Gasteiger partial charge in [-0.15, -0.1) is 0 Å². The van der Waals surface area contributed by atoms with Gasteiger partial charge in [-0.05, 0) is 97.4 Å². The van der Waals surface area contributed by atoms with Crippen molar-refractivity contribution in [1.82, 2.24) is 9.62 Å². The molecule has 0 aliphatic carbocycles. The van der Waals surface area contributed by atoms with Gasteiger partial charge >= 0.3 is 0 Å². The Morgan fingerprint density at radius 3 is 2.43 bits per heavy atom. The average molecular weight is 513 g/mol. The van der Waals surface area contributed by atoms with Crippen molar-refractivity contribution in [3.8, 4) is 0 Å². The van der Waals surface area contributed by atoms with Crippen molar-refractivity contribution in [2.24, 2.45) is 0 Å². The van der Waals surface area contributed by atoms with Gasteiger partial charge < -0.3 is 10.2 Å². The molecule has 0 bridgehead atoms. The van der Waals surface area contributed by atoms with E-state index in [0.29, 0.717) is 17.8 Å². The second-order valence-electron chi connectivity index (χ2n) is 6.89. The molecule has 1 saturated heterocycles. The number of benzene rings is 2. The molecule has 150 valence electrons. The average Bonchev–Trinajstić information content (AvgIpc) is 3.17. The van der Waals surface area contributed by atoms with Gasteiger partial charge in [0.25, 0.3) is 5.91 Å². The Balaban J connectivity index is 1.58. The van der Waals surface area contributed by atoms with Crippen LogP contribution in [-0.2, 0) is 10.0 Å². The van der Waals surface area contributed by atoms with E-state index in [1.807, 2.05) is 19.1 Å². The molecule has 6 nitrogen and oxygen atoms in total. The van der Waals surface area contributed by atoms with Crippen molar-refractivity contribution in [2.45, 2.75) is 24.7 Å². The molecule has 1 amide bonds. The summed E-state index contributed by atoms with van der Waals surface area (Å²) < 4.78 is 28.5. The van der Waals surface area contributed by atoms with Crippen LogP contribution in [-0.4, -0.2) is 45.4 Å². The van der Waals surface area contributed by atoms with E-state index < -0.39 is 10.0 Å². The molecule has 1 fully saturated rings. The maximum Gasteiger partial charge on any atom is 0.255 e. The lowest BCUT2D eigenvalue weighted by atomic mass is 10.1. The molecule has 1 heterocycles. The summed E-state index contributed by atoms with van der Waals surface area (Å²) >= 11 is 2.19. The van der Waals surface area contributed by atoms with Crippen LogP contribution in [0.1, 0.15) is 28.8 Å². The van der Waals surface area contributed by atoms with E-state index in [1.54, 1.807) is 18.2 Å². The Kier molecular flexibility index (Phi) is 7.08. The second kappa shape index (κ2) is 9.34. The van der Waals surface area contributed by atoms with Crippen molar-refractivity contribution in [3.63, 3.8) is 0 Å². The van der Waals surface area contributed by atoms with Crippen LogP contribution in [0.4, 0.5) is 5.69 Å². The highest BCUT2D eigenvalue weighted by molar-refractivity contribution is 14.1. The summed E-state index contributed by atoms with van der Waals surface area (Å²) in [6.07, 6.45) is 2.36. The number of nitrogens with one attached hydrogen (secondary N) is 2. The fourth-order valence-corrected chi connectivity index (χ4v) is 4.62. The number of anilines is 1. The van der Waals surface area contributed by atoms with Crippen LogP contribution < -0.4 is 10.0 Å². The first-order chi connectivity index (χ1) is 13.3. The fraction of sp³-hybridized carbons (Fsp3) is 0.350. The highest BCUT2D eigenvalue weighted by Crippen LogP contribution is 2.17. The van der Waals surface area contributed by atoms with Gasteiger partial charge in [-0.3, -0.25) is 4.79 Å². The number of nitrogens with zero attached hydrogens (tertiary/aromatic N) is 1. The van der Waals surface area contributed by atoms with Crippen LogP contribution in [0.5, 0.6) is 0 Å². The molecule has 28 heavy (non-hydrogen) atoms. The van der Waals surface area contributed by atoms with Crippen LogP contribution >= 0.6 is 22.6 Å². The summed E-state index contributed by atoms with van der Waals surface area (Å²) in [5, 5.41) is 2.80. The molecule has 2 aromatic carbocycles. The van der Waals surface area contributed by atoms with Gasteiger partial charge in [0, 0.05) is 27.9 Å². The Morgan fingerprint density at radius 2 is 1.79 bits per heavy atom. The third kappa shape index (κ3) is 5.53. The van der Waals surface area contributed by atoms with E-state index in [1.165, 1.54) is 25.0 Å². The molecule has 2 N–H and O–H groups in total. The molecule has 1 aliphatic heterocycles. The number of hydrogen-bond acceptors (Lipinski definition) is 4. The summed E-state index contributed by atoms with van der Waals surface area (Å²) in [6.45, 7) is 5.18. The predicted molar refractivity (Wildman–Crippen MR) is 119 cm³/mol. The summed E-state index contributed by atoms with van der Waals surface area (Å²) in [6, 6.07) is 11.7. The van der Waals surface area contributed by atoms with Crippen LogP contribution in [0, 0.1) is 10.5 Å². The van der Waals surface area contributed by atoms with Gasteiger partial charge in [0.1, 0.15) is 0 Å². The van der Waals surface area contributed by atoms with Gasteiger partial charge in [-0.25, -0.2) is 13.1 Å². The third-order valence-electron chi connectivity index (χ3n) is 4.78. The largest absolute Gasteiger partial charge is 0.322 e. The number of carbonyl (C=O) groups excluding carboxylic acids is 1. The maximum atomic E-state index is 12.4. The Bertz CT molecular complexity index is 940. The minimum absolute atomic E-state index is 0.191. The van der Waals surface area contributed by atoms with Crippen molar-refractivity contribution in [2.75, 3.05) is 31.5 Å². The van der Waals surface area contributed by atoms with Gasteiger partial charge in [-0.1, -0.05) is 6.07 Å². The summed E-state index contributed by atoms with van der Waals surface area (Å²) in [5.74, 6) is -0.225. The number of carbonyl (C=O) groups is 1. The van der Waals surface area contributed by atoms with E-state index in [4.69, 9.17) is 0 Å². The van der Waals surface area contributed by atoms with Crippen LogP contribution in [0.2, 0.25) is 0 Å². The third-order valence-corrected chi connectivity index (χ3v) is 7.41. The number of rotatable bonds is 7. The quantitative estimate of drug-likeness (QED) is 0.558. The normalized spacial score (nSPS) is 14.9. The standard InChI is InChI=1S/C20H24IN3O3S/c1-15-4-5-16(14-19(15)21)20(25)23-17-6-8-18(9-7-17)28(26,27)22-10-13-24-11-2-3-12-24/h4-9,14,22H,2-3,10-13H2,1H3,(H,23,25). The number of amides is 1. The van der Waals surface area contributed by atoms with Crippen LogP contribution in [0.3, 0.4) is 0 Å². The second-order valence-corrected chi connectivity index (χ2v) is 9.82. The van der Waals surface area contributed by atoms with E-state index in [0.717, 1.165) is 28.8 Å². The molecule has 0 aromatic heterocycles. The van der Waals surface area contributed by atoms with Gasteiger partial charge in [0.2, 0.25) is 10.0 Å². The molecular formula is C20H24IN3O3S. The Hall–Kier alpha value is -1.49. The molecule has 1 aliphatic rings. The van der Waals surface area contributed by atoms with Gasteiger partial charge in [-0.2, -0.15) is 0 Å². The highest BCUT2D eigenvalue weighted by atomic mass is 127. The molecule has 0 radical (unpaired) electrons. The first-order valence-electron chi connectivity index (χ1n) is 9.25. The lowest BCUT2D eigenvalue weighted by Crippen LogP contribution is -2.33. The number of aryl methyl sites for hydroxylation is 1. The first kappa shape index (κ1) is 21.2. The molecule has 8 heteroatoms. The zero-order valence-corrected chi connectivity index (χ0v) is 18.7. The number of halogens is 1. The zero-order chi connectivity index (χ0) is 20.1. The molecular weight excluding hydrogens is 489 g/mol. The van der Waals surface area contributed by atoms with E-state index >= 15 is 0 Å². The number of hydrogen-bond donors (Lipinski definition) is 2. The summed E-state index contributed by atoms with van der Waals surface area (Å²) in [7, 11) is -3.55. The first-order valence-corrected chi connectivity index (χ1v) is 11.8. The smallest absolute Gasteiger partial charge is 0.255 e. The number of likely N-dealkylation sites (tertiary alicyclic amines) is 1. The van der Waals surface area contributed by atoms with Crippen LogP contribution in [0.15, 0.2) is 47.4 Å². The maximum absolute atomic E-state index is 12.4. The Labute approximate surface area is 179 Å². The van der Waals surface area contributed by atoms with Crippen molar-refractivity contribution < 1.29 is 13.2 Å². The lowest BCUT2D eigenvalue weighted by Gasteiger charge is -2.15. The van der Waals surface area contributed by atoms with E-state index in [2.05, 4.69) is 37.5 Å². The van der Waals surface area contributed by atoms with Crippen molar-refractivity contribution in [3.05, 3.63) is 57.2 Å². The number of sulfonamides is 1. The molecule has 0 spiro atoms. The van der Waals surface area contributed by atoms with Gasteiger partial charge in [0.05, 0.1) is 4.90 Å². The topological polar surface area (TPSA) is 78.5 Å². The summed E-state index contributed by atoms with van der Waals surface area (Å²) in [4.78, 5) is 14.8. The molecule has 2 aromatic rings. The SMILES string of the molecule is Cc1ccc(C(=O)Nc2ccc(S(=O)(=O)NCCN3CCCC3)cc2)cc1I.